The molecule has 4 rings (SSSR count). The first-order valence-electron chi connectivity index (χ1n) is 6.55. The highest BCUT2D eigenvalue weighted by Gasteiger charge is 2.42. The Morgan fingerprint density at radius 3 is 3.06 bits per heavy atom. The largest absolute Gasteiger partial charge is 0.311 e. The van der Waals surface area contributed by atoms with Gasteiger partial charge >= 0.3 is 0 Å². The number of hydrogen-bond donors (Lipinski definition) is 1. The van der Waals surface area contributed by atoms with Crippen molar-refractivity contribution >= 4 is 0 Å². The van der Waals surface area contributed by atoms with Gasteiger partial charge in [-0.05, 0) is 31.1 Å². The lowest BCUT2D eigenvalue weighted by molar-refractivity contribution is 0.294. The Hall–Kier alpha value is -0.900. The van der Waals surface area contributed by atoms with Crippen molar-refractivity contribution in [2.75, 3.05) is 6.54 Å². The van der Waals surface area contributed by atoms with Gasteiger partial charge in [-0.15, -0.1) is 5.10 Å². The first-order valence-corrected chi connectivity index (χ1v) is 6.55. The maximum atomic E-state index is 4.43. The number of hydrogen-bond acceptors (Lipinski definition) is 3. The molecule has 1 N–H and O–H groups in total. The van der Waals surface area contributed by atoms with Gasteiger partial charge in [0.15, 0.2) is 0 Å². The van der Waals surface area contributed by atoms with Gasteiger partial charge in [0.2, 0.25) is 0 Å². The van der Waals surface area contributed by atoms with E-state index in [1.54, 1.807) is 0 Å². The molecule has 2 saturated carbocycles. The molecule has 1 aliphatic heterocycles. The molecular formula is C12H18N4. The molecule has 0 saturated heterocycles. The average Bonchev–Trinajstić information content (AvgIpc) is 3.03. The molecule has 0 amide bonds. The molecule has 4 heteroatoms. The van der Waals surface area contributed by atoms with Crippen molar-refractivity contribution in [1.29, 1.82) is 0 Å². The van der Waals surface area contributed by atoms with Crippen molar-refractivity contribution in [1.82, 2.24) is 20.3 Å². The maximum absolute atomic E-state index is 4.43. The van der Waals surface area contributed by atoms with Crippen LogP contribution in [0.4, 0.5) is 0 Å². The molecule has 2 fully saturated rings. The van der Waals surface area contributed by atoms with Gasteiger partial charge in [0.25, 0.3) is 0 Å². The van der Waals surface area contributed by atoms with Crippen LogP contribution in [0.3, 0.4) is 0 Å². The third kappa shape index (κ3) is 1.19. The van der Waals surface area contributed by atoms with E-state index < -0.39 is 0 Å². The highest BCUT2D eigenvalue weighted by atomic mass is 15.5. The standard InChI is InChI=1S/C12H18N4/c1-2-9-5-8(1)6-12(9)16-11-3-4-13-7-10(11)14-15-16/h8-9,12-13H,1-7H2. The summed E-state index contributed by atoms with van der Waals surface area (Å²) < 4.78 is 2.28. The molecule has 1 aromatic heterocycles. The Labute approximate surface area is 95.4 Å². The molecule has 2 bridgehead atoms. The Bertz CT molecular complexity index is 411. The van der Waals surface area contributed by atoms with Crippen LogP contribution in [0.5, 0.6) is 0 Å². The van der Waals surface area contributed by atoms with Gasteiger partial charge in [0.1, 0.15) is 0 Å². The summed E-state index contributed by atoms with van der Waals surface area (Å²) in [6.07, 6.45) is 6.78. The van der Waals surface area contributed by atoms with Crippen LogP contribution in [-0.4, -0.2) is 21.5 Å². The van der Waals surface area contributed by atoms with E-state index in [9.17, 15) is 0 Å². The fourth-order valence-corrected chi connectivity index (χ4v) is 3.93. The summed E-state index contributed by atoms with van der Waals surface area (Å²) in [5, 5.41) is 12.1. The van der Waals surface area contributed by atoms with Crippen molar-refractivity contribution in [3.05, 3.63) is 11.4 Å². The lowest BCUT2D eigenvalue weighted by atomic mass is 9.95. The molecule has 0 radical (unpaired) electrons. The van der Waals surface area contributed by atoms with Crippen LogP contribution in [0.15, 0.2) is 0 Å². The Morgan fingerprint density at radius 2 is 2.25 bits per heavy atom. The van der Waals surface area contributed by atoms with Crippen LogP contribution in [-0.2, 0) is 13.0 Å². The van der Waals surface area contributed by atoms with Crippen molar-refractivity contribution in [3.8, 4) is 0 Å². The van der Waals surface area contributed by atoms with Crippen molar-refractivity contribution in [2.24, 2.45) is 11.8 Å². The third-order valence-electron chi connectivity index (χ3n) is 4.72. The summed E-state index contributed by atoms with van der Waals surface area (Å²) in [5.74, 6) is 1.88. The molecule has 0 aromatic carbocycles. The van der Waals surface area contributed by atoms with Gasteiger partial charge in [0, 0.05) is 19.5 Å². The third-order valence-corrected chi connectivity index (χ3v) is 4.72. The minimum Gasteiger partial charge on any atom is -0.311 e. The highest BCUT2D eigenvalue weighted by Crippen LogP contribution is 2.50. The SMILES string of the molecule is C1Cc2c(nnn2C2CC3CCC2C3)CN1. The Balaban J connectivity index is 1.69. The summed E-state index contributed by atoms with van der Waals surface area (Å²) in [6, 6.07) is 0.674. The van der Waals surface area contributed by atoms with E-state index in [1.807, 2.05) is 0 Å². The van der Waals surface area contributed by atoms with Crippen molar-refractivity contribution < 1.29 is 0 Å². The number of aromatic nitrogens is 3. The summed E-state index contributed by atoms with van der Waals surface area (Å²) >= 11 is 0. The molecule has 2 heterocycles. The van der Waals surface area contributed by atoms with Gasteiger partial charge in [0.05, 0.1) is 17.4 Å². The molecule has 4 nitrogen and oxygen atoms in total. The monoisotopic (exact) mass is 218 g/mol. The van der Waals surface area contributed by atoms with Gasteiger partial charge in [-0.1, -0.05) is 11.6 Å². The minimum absolute atomic E-state index is 0.674. The van der Waals surface area contributed by atoms with Gasteiger partial charge in [-0.25, -0.2) is 4.68 Å². The van der Waals surface area contributed by atoms with Crippen LogP contribution < -0.4 is 5.32 Å². The summed E-state index contributed by atoms with van der Waals surface area (Å²) in [6.45, 7) is 2.00. The molecule has 1 aromatic rings. The minimum atomic E-state index is 0.674. The zero-order valence-corrected chi connectivity index (χ0v) is 9.52. The summed E-state index contributed by atoms with van der Waals surface area (Å²) in [4.78, 5) is 0. The van der Waals surface area contributed by atoms with Gasteiger partial charge < -0.3 is 5.32 Å². The van der Waals surface area contributed by atoms with E-state index in [0.717, 1.165) is 31.3 Å². The molecule has 3 unspecified atom stereocenters. The summed E-state index contributed by atoms with van der Waals surface area (Å²) in [5.41, 5.74) is 2.60. The smallest absolute Gasteiger partial charge is 0.0997 e. The number of rotatable bonds is 1. The van der Waals surface area contributed by atoms with Gasteiger partial charge in [-0.3, -0.25) is 0 Å². The van der Waals surface area contributed by atoms with E-state index in [-0.39, 0.29) is 0 Å². The topological polar surface area (TPSA) is 42.7 Å². The van der Waals surface area contributed by atoms with E-state index >= 15 is 0 Å². The fraction of sp³-hybridized carbons (Fsp3) is 0.833. The quantitative estimate of drug-likeness (QED) is 0.772. The molecule has 16 heavy (non-hydrogen) atoms. The molecule has 3 aliphatic rings. The van der Waals surface area contributed by atoms with E-state index in [0.29, 0.717) is 6.04 Å². The molecular weight excluding hydrogens is 200 g/mol. The second-order valence-corrected chi connectivity index (χ2v) is 5.60. The van der Waals surface area contributed by atoms with Crippen LogP contribution in [0.2, 0.25) is 0 Å². The first kappa shape index (κ1) is 9.16. The molecule has 86 valence electrons. The zero-order valence-electron chi connectivity index (χ0n) is 9.52. The first-order chi connectivity index (χ1) is 7.92. The predicted molar refractivity (Wildman–Crippen MR) is 59.9 cm³/mol. The van der Waals surface area contributed by atoms with Crippen molar-refractivity contribution in [2.45, 2.75) is 44.7 Å². The predicted octanol–water partition coefficient (Wildman–Crippen LogP) is 1.28. The molecule has 0 spiro atoms. The van der Waals surface area contributed by atoms with Crippen LogP contribution in [0, 0.1) is 11.8 Å². The van der Waals surface area contributed by atoms with Crippen molar-refractivity contribution in [3.63, 3.8) is 0 Å². The fourth-order valence-electron chi connectivity index (χ4n) is 3.93. The lowest BCUT2D eigenvalue weighted by Crippen LogP contribution is -2.27. The van der Waals surface area contributed by atoms with Crippen LogP contribution in [0.1, 0.15) is 43.1 Å². The summed E-state index contributed by atoms with van der Waals surface area (Å²) in [7, 11) is 0. The van der Waals surface area contributed by atoms with Crippen LogP contribution >= 0.6 is 0 Å². The highest BCUT2D eigenvalue weighted by molar-refractivity contribution is 5.15. The normalized spacial score (nSPS) is 36.6. The Kier molecular flexibility index (Phi) is 1.89. The van der Waals surface area contributed by atoms with E-state index in [2.05, 4.69) is 20.3 Å². The number of nitrogens with zero attached hydrogens (tertiary/aromatic N) is 3. The van der Waals surface area contributed by atoms with E-state index in [4.69, 9.17) is 0 Å². The maximum Gasteiger partial charge on any atom is 0.0997 e. The molecule has 2 aliphatic carbocycles. The van der Waals surface area contributed by atoms with E-state index in [1.165, 1.54) is 37.1 Å². The average molecular weight is 218 g/mol. The Morgan fingerprint density at radius 1 is 1.25 bits per heavy atom. The number of fused-ring (bicyclic) bond motifs is 3. The molecule has 3 atom stereocenters. The lowest BCUT2D eigenvalue weighted by Gasteiger charge is -2.24. The van der Waals surface area contributed by atoms with Crippen LogP contribution in [0.25, 0.3) is 0 Å². The second-order valence-electron chi connectivity index (χ2n) is 5.60. The number of nitrogens with one attached hydrogen (secondary N) is 1. The second kappa shape index (κ2) is 3.29. The van der Waals surface area contributed by atoms with Gasteiger partial charge in [-0.2, -0.15) is 0 Å². The zero-order chi connectivity index (χ0) is 10.5.